The number of ketones is 1. The molecule has 0 spiro atoms. The number of fused-ring (bicyclic) bond motifs is 1. The number of ether oxygens (including phenoxy) is 3. The second kappa shape index (κ2) is 5.36. The second-order valence-corrected chi connectivity index (χ2v) is 6.85. The predicted octanol–water partition coefficient (Wildman–Crippen LogP) is 2.39. The summed E-state index contributed by atoms with van der Waals surface area (Å²) in [5.41, 5.74) is 4.77. The highest BCUT2D eigenvalue weighted by Gasteiger charge is 2.80. The monoisotopic (exact) mass is 366 g/mol. The van der Waals surface area contributed by atoms with Gasteiger partial charge in [0, 0.05) is 11.1 Å². The standard InChI is InChI=1S/C20H18N2O5/c1-4-10(2)25-18(24)15-11(3)26-20-13-8-6-5-7-12(13)16(23)19(15,20)14(9-21)17(22)27-20/h5-8,10H,4,22H2,1-3H3/t10-,19+,20-/m0/s1. The van der Waals surface area contributed by atoms with Gasteiger partial charge in [-0.1, -0.05) is 31.2 Å². The fourth-order valence-electron chi connectivity index (χ4n) is 4.17. The van der Waals surface area contributed by atoms with Crippen LogP contribution in [0.25, 0.3) is 0 Å². The van der Waals surface area contributed by atoms with Crippen molar-refractivity contribution in [1.82, 2.24) is 0 Å². The molecule has 1 aromatic carbocycles. The average Bonchev–Trinajstić information content (AvgIpc) is 3.11. The van der Waals surface area contributed by atoms with Gasteiger partial charge in [0.1, 0.15) is 23.0 Å². The first-order valence-corrected chi connectivity index (χ1v) is 8.70. The topological polar surface area (TPSA) is 112 Å². The van der Waals surface area contributed by atoms with E-state index >= 15 is 0 Å². The molecular formula is C20H18N2O5. The van der Waals surface area contributed by atoms with Crippen molar-refractivity contribution in [3.63, 3.8) is 0 Å². The SMILES string of the molecule is CC[C@H](C)OC(=O)C1=C(C)O[C@@]23OC(N)=C(C#N)[C@]12C(=O)c1ccccc13. The minimum absolute atomic E-state index is 0.0269. The number of nitriles is 1. The van der Waals surface area contributed by atoms with E-state index < -0.39 is 23.0 Å². The molecule has 7 nitrogen and oxygen atoms in total. The summed E-state index contributed by atoms with van der Waals surface area (Å²) in [6.45, 7) is 5.19. The summed E-state index contributed by atoms with van der Waals surface area (Å²) >= 11 is 0. The number of Topliss-reactive ketones (excluding diaryl/α,β-unsaturated/α-hetero) is 1. The van der Waals surface area contributed by atoms with Crippen LogP contribution in [0.5, 0.6) is 0 Å². The number of carbonyl (C=O) groups is 2. The Hall–Kier alpha value is -3.27. The third-order valence-electron chi connectivity index (χ3n) is 5.46. The number of allylic oxidation sites excluding steroid dienone is 1. The molecule has 1 aromatic rings. The first-order valence-electron chi connectivity index (χ1n) is 8.70. The van der Waals surface area contributed by atoms with E-state index in [0.717, 1.165) is 0 Å². The third-order valence-corrected chi connectivity index (χ3v) is 5.46. The fourth-order valence-corrected chi connectivity index (χ4v) is 4.17. The second-order valence-electron chi connectivity index (χ2n) is 6.85. The maximum atomic E-state index is 13.6. The Labute approximate surface area is 156 Å². The molecule has 2 aliphatic heterocycles. The summed E-state index contributed by atoms with van der Waals surface area (Å²) in [5, 5.41) is 9.78. The van der Waals surface area contributed by atoms with Crippen LogP contribution in [0.4, 0.5) is 0 Å². The van der Waals surface area contributed by atoms with Gasteiger partial charge in [-0.2, -0.15) is 5.26 Å². The maximum Gasteiger partial charge on any atom is 0.339 e. The van der Waals surface area contributed by atoms with Crippen molar-refractivity contribution < 1.29 is 23.8 Å². The summed E-state index contributed by atoms with van der Waals surface area (Å²) in [4.78, 5) is 26.6. The fraction of sp³-hybridized carbons (Fsp3) is 0.350. The van der Waals surface area contributed by atoms with Crippen LogP contribution in [0, 0.1) is 16.7 Å². The van der Waals surface area contributed by atoms with Gasteiger partial charge in [0.05, 0.1) is 6.10 Å². The lowest BCUT2D eigenvalue weighted by molar-refractivity contribution is -0.199. The van der Waals surface area contributed by atoms with Gasteiger partial charge >= 0.3 is 11.8 Å². The molecule has 0 saturated heterocycles. The van der Waals surface area contributed by atoms with Crippen molar-refractivity contribution in [2.45, 2.75) is 39.1 Å². The maximum absolute atomic E-state index is 13.6. The lowest BCUT2D eigenvalue weighted by Gasteiger charge is -2.31. The number of nitrogens with zero attached hydrogens (tertiary/aromatic N) is 1. The lowest BCUT2D eigenvalue weighted by atomic mass is 9.69. The Morgan fingerprint density at radius 3 is 2.74 bits per heavy atom. The highest BCUT2D eigenvalue weighted by Crippen LogP contribution is 2.69. The zero-order chi connectivity index (χ0) is 19.6. The van der Waals surface area contributed by atoms with Crippen LogP contribution in [-0.4, -0.2) is 17.9 Å². The number of benzene rings is 1. The van der Waals surface area contributed by atoms with Gasteiger partial charge < -0.3 is 19.9 Å². The van der Waals surface area contributed by atoms with Crippen LogP contribution in [0.3, 0.4) is 0 Å². The minimum atomic E-state index is -1.79. The Morgan fingerprint density at radius 1 is 1.37 bits per heavy atom. The number of hydrogen-bond donors (Lipinski definition) is 1. The van der Waals surface area contributed by atoms with Crippen molar-refractivity contribution in [3.8, 4) is 6.07 Å². The smallest absolute Gasteiger partial charge is 0.339 e. The number of rotatable bonds is 3. The average molecular weight is 366 g/mol. The van der Waals surface area contributed by atoms with Crippen LogP contribution in [-0.2, 0) is 24.8 Å². The molecule has 0 bridgehead atoms. The van der Waals surface area contributed by atoms with Gasteiger partial charge in [-0.3, -0.25) is 4.79 Å². The lowest BCUT2D eigenvalue weighted by Crippen LogP contribution is -2.45. The normalized spacial score (nSPS) is 28.7. The van der Waals surface area contributed by atoms with Crippen molar-refractivity contribution >= 4 is 11.8 Å². The third kappa shape index (κ3) is 1.75. The molecule has 1 aliphatic carbocycles. The van der Waals surface area contributed by atoms with Crippen LogP contribution in [0.15, 0.2) is 47.1 Å². The summed E-state index contributed by atoms with van der Waals surface area (Å²) < 4.78 is 17.3. The van der Waals surface area contributed by atoms with E-state index in [9.17, 15) is 14.9 Å². The van der Waals surface area contributed by atoms with Crippen LogP contribution in [0.1, 0.15) is 43.1 Å². The molecule has 7 heteroatoms. The molecule has 0 amide bonds. The molecule has 3 atom stereocenters. The molecule has 0 aromatic heterocycles. The van der Waals surface area contributed by atoms with Gasteiger partial charge in [-0.05, 0) is 20.3 Å². The first-order chi connectivity index (χ1) is 12.8. The molecular weight excluding hydrogens is 348 g/mol. The summed E-state index contributed by atoms with van der Waals surface area (Å²) in [5.74, 6) is -2.89. The van der Waals surface area contributed by atoms with E-state index in [1.54, 1.807) is 38.1 Å². The van der Waals surface area contributed by atoms with Crippen LogP contribution < -0.4 is 5.73 Å². The molecule has 138 valence electrons. The number of nitrogens with two attached hydrogens (primary N) is 1. The summed E-state index contributed by atoms with van der Waals surface area (Å²) in [6, 6.07) is 8.70. The van der Waals surface area contributed by atoms with E-state index in [-0.39, 0.29) is 28.9 Å². The van der Waals surface area contributed by atoms with Crippen molar-refractivity contribution in [1.29, 1.82) is 5.26 Å². The molecule has 4 rings (SSSR count). The number of carbonyl (C=O) groups excluding carboxylic acids is 2. The Bertz CT molecular complexity index is 1000. The minimum Gasteiger partial charge on any atom is -0.459 e. The quantitative estimate of drug-likeness (QED) is 0.817. The van der Waals surface area contributed by atoms with E-state index in [1.165, 1.54) is 0 Å². The van der Waals surface area contributed by atoms with E-state index in [2.05, 4.69) is 0 Å². The molecule has 3 aliphatic rings. The largest absolute Gasteiger partial charge is 0.459 e. The van der Waals surface area contributed by atoms with Gasteiger partial charge in [0.15, 0.2) is 11.2 Å². The Balaban J connectivity index is 2.00. The molecule has 2 heterocycles. The zero-order valence-corrected chi connectivity index (χ0v) is 15.2. The number of hydrogen-bond acceptors (Lipinski definition) is 7. The predicted molar refractivity (Wildman–Crippen MR) is 92.4 cm³/mol. The number of esters is 1. The van der Waals surface area contributed by atoms with Gasteiger partial charge in [0.2, 0.25) is 5.88 Å². The van der Waals surface area contributed by atoms with Crippen molar-refractivity contribution in [2.24, 2.45) is 11.1 Å². The molecule has 0 fully saturated rings. The van der Waals surface area contributed by atoms with Gasteiger partial charge in [0.25, 0.3) is 0 Å². The molecule has 0 radical (unpaired) electrons. The Morgan fingerprint density at radius 2 is 2.07 bits per heavy atom. The molecule has 0 saturated carbocycles. The van der Waals surface area contributed by atoms with Crippen molar-refractivity contribution in [2.75, 3.05) is 0 Å². The van der Waals surface area contributed by atoms with E-state index in [1.807, 2.05) is 13.0 Å². The van der Waals surface area contributed by atoms with E-state index in [4.69, 9.17) is 19.9 Å². The highest BCUT2D eigenvalue weighted by molar-refractivity contribution is 6.16. The first kappa shape index (κ1) is 17.2. The van der Waals surface area contributed by atoms with Crippen molar-refractivity contribution in [3.05, 3.63) is 58.2 Å². The van der Waals surface area contributed by atoms with Crippen LogP contribution >= 0.6 is 0 Å². The Kier molecular flexibility index (Phi) is 3.41. The molecule has 2 N–H and O–H groups in total. The van der Waals surface area contributed by atoms with Gasteiger partial charge in [-0.25, -0.2) is 4.79 Å². The molecule has 0 unspecified atom stereocenters. The summed E-state index contributed by atoms with van der Waals surface area (Å²) in [6.07, 6.45) is 0.238. The van der Waals surface area contributed by atoms with Gasteiger partial charge in [-0.15, -0.1) is 0 Å². The highest BCUT2D eigenvalue weighted by atomic mass is 16.7. The molecule has 27 heavy (non-hydrogen) atoms. The van der Waals surface area contributed by atoms with Crippen LogP contribution in [0.2, 0.25) is 0 Å². The zero-order valence-electron chi connectivity index (χ0n) is 15.2. The van der Waals surface area contributed by atoms with E-state index in [0.29, 0.717) is 17.5 Å². The summed E-state index contributed by atoms with van der Waals surface area (Å²) in [7, 11) is 0.